The molecule has 18 heavy (non-hydrogen) atoms. The molecule has 0 aliphatic carbocycles. The van der Waals surface area contributed by atoms with Crippen LogP contribution in [0.15, 0.2) is 29.8 Å². The molecule has 2 aromatic rings. The van der Waals surface area contributed by atoms with Gasteiger partial charge in [-0.25, -0.2) is 4.98 Å². The van der Waals surface area contributed by atoms with Crippen molar-refractivity contribution in [1.82, 2.24) is 9.97 Å². The van der Waals surface area contributed by atoms with Crippen molar-refractivity contribution in [3.63, 3.8) is 0 Å². The standard InChI is InChI=1S/C12H14N2O2S2/c15-5-10(16)8-17-6-9-7-18-12(14-9)11-3-1-2-4-13-11/h1-4,7,10,15-16H,5-6,8H2/t10-/m1/s1. The minimum Gasteiger partial charge on any atom is -0.394 e. The Balaban J connectivity index is 1.91. The molecule has 0 saturated carbocycles. The Hall–Kier alpha value is -0.950. The third-order valence-electron chi connectivity index (χ3n) is 2.21. The van der Waals surface area contributed by atoms with Gasteiger partial charge in [0.2, 0.25) is 0 Å². The summed E-state index contributed by atoms with van der Waals surface area (Å²) in [6, 6.07) is 5.76. The number of nitrogens with zero attached hydrogens (tertiary/aromatic N) is 2. The number of aromatic nitrogens is 2. The third-order valence-corrected chi connectivity index (χ3v) is 4.24. The van der Waals surface area contributed by atoms with Gasteiger partial charge in [-0.15, -0.1) is 11.3 Å². The lowest BCUT2D eigenvalue weighted by atomic mass is 10.4. The number of hydrogen-bond acceptors (Lipinski definition) is 6. The van der Waals surface area contributed by atoms with Gasteiger partial charge >= 0.3 is 0 Å². The molecule has 0 saturated heterocycles. The normalized spacial score (nSPS) is 12.6. The molecule has 4 nitrogen and oxygen atoms in total. The van der Waals surface area contributed by atoms with Crippen LogP contribution in [0.2, 0.25) is 0 Å². The lowest BCUT2D eigenvalue weighted by molar-refractivity contribution is 0.113. The van der Waals surface area contributed by atoms with Crippen molar-refractivity contribution in [2.24, 2.45) is 0 Å². The Labute approximate surface area is 114 Å². The van der Waals surface area contributed by atoms with Crippen molar-refractivity contribution < 1.29 is 10.2 Å². The SMILES string of the molecule is OC[C@@H](O)CSCc1csc(-c2ccccn2)n1. The van der Waals surface area contributed by atoms with Crippen LogP contribution in [0.5, 0.6) is 0 Å². The molecule has 0 amide bonds. The summed E-state index contributed by atoms with van der Waals surface area (Å²) in [6.07, 6.45) is 1.10. The first-order valence-electron chi connectivity index (χ1n) is 5.52. The molecule has 0 fully saturated rings. The summed E-state index contributed by atoms with van der Waals surface area (Å²) >= 11 is 3.13. The zero-order valence-electron chi connectivity index (χ0n) is 9.69. The van der Waals surface area contributed by atoms with E-state index in [4.69, 9.17) is 5.11 Å². The fourth-order valence-electron chi connectivity index (χ4n) is 1.33. The molecule has 0 bridgehead atoms. The molecule has 0 unspecified atom stereocenters. The Morgan fingerprint density at radius 2 is 2.28 bits per heavy atom. The summed E-state index contributed by atoms with van der Waals surface area (Å²) in [5, 5.41) is 20.8. The van der Waals surface area contributed by atoms with Crippen LogP contribution in [0.3, 0.4) is 0 Å². The predicted molar refractivity (Wildman–Crippen MR) is 74.6 cm³/mol. The van der Waals surface area contributed by atoms with Gasteiger partial charge in [-0.3, -0.25) is 4.98 Å². The molecule has 0 aliphatic rings. The second-order valence-corrected chi connectivity index (χ2v) is 5.60. The lowest BCUT2D eigenvalue weighted by Crippen LogP contribution is -2.14. The Morgan fingerprint density at radius 3 is 3.00 bits per heavy atom. The number of rotatable bonds is 6. The van der Waals surface area contributed by atoms with Gasteiger partial charge in [0, 0.05) is 23.1 Å². The van der Waals surface area contributed by atoms with E-state index in [0.29, 0.717) is 5.75 Å². The Kier molecular flexibility index (Phi) is 5.12. The summed E-state index contributed by atoms with van der Waals surface area (Å²) in [6.45, 7) is -0.191. The number of aliphatic hydroxyl groups excluding tert-OH is 2. The van der Waals surface area contributed by atoms with Crippen molar-refractivity contribution in [2.45, 2.75) is 11.9 Å². The van der Waals surface area contributed by atoms with Crippen LogP contribution in [-0.2, 0) is 5.75 Å². The van der Waals surface area contributed by atoms with Crippen LogP contribution in [-0.4, -0.2) is 38.6 Å². The van der Waals surface area contributed by atoms with Crippen molar-refractivity contribution >= 4 is 23.1 Å². The fraction of sp³-hybridized carbons (Fsp3) is 0.333. The van der Waals surface area contributed by atoms with Crippen molar-refractivity contribution in [3.05, 3.63) is 35.5 Å². The van der Waals surface area contributed by atoms with Crippen molar-refractivity contribution in [2.75, 3.05) is 12.4 Å². The molecule has 2 aromatic heterocycles. The van der Waals surface area contributed by atoms with E-state index in [1.54, 1.807) is 29.3 Å². The monoisotopic (exact) mass is 282 g/mol. The van der Waals surface area contributed by atoms with E-state index >= 15 is 0 Å². The minimum atomic E-state index is -0.649. The maximum Gasteiger partial charge on any atom is 0.142 e. The van der Waals surface area contributed by atoms with Gasteiger partial charge in [0.25, 0.3) is 0 Å². The Morgan fingerprint density at radius 1 is 1.39 bits per heavy atom. The second kappa shape index (κ2) is 6.84. The molecule has 0 aliphatic heterocycles. The van der Waals surface area contributed by atoms with Gasteiger partial charge < -0.3 is 10.2 Å². The van der Waals surface area contributed by atoms with E-state index in [-0.39, 0.29) is 6.61 Å². The van der Waals surface area contributed by atoms with Gasteiger partial charge in [0.15, 0.2) is 0 Å². The van der Waals surface area contributed by atoms with E-state index in [1.165, 1.54) is 0 Å². The average Bonchev–Trinajstić information content (AvgIpc) is 2.88. The first kappa shape index (κ1) is 13.5. The molecule has 6 heteroatoms. The van der Waals surface area contributed by atoms with E-state index in [1.807, 2.05) is 23.6 Å². The van der Waals surface area contributed by atoms with Crippen LogP contribution < -0.4 is 0 Å². The molecule has 0 aromatic carbocycles. The number of thiazole rings is 1. The summed E-state index contributed by atoms with van der Waals surface area (Å²) in [7, 11) is 0. The molecule has 1 atom stereocenters. The summed E-state index contributed by atoms with van der Waals surface area (Å²) < 4.78 is 0. The number of thioether (sulfide) groups is 1. The third kappa shape index (κ3) is 3.78. The van der Waals surface area contributed by atoms with E-state index in [2.05, 4.69) is 9.97 Å². The summed E-state index contributed by atoms with van der Waals surface area (Å²) in [5.41, 5.74) is 1.87. The lowest BCUT2D eigenvalue weighted by Gasteiger charge is -2.04. The van der Waals surface area contributed by atoms with Crippen LogP contribution in [0, 0.1) is 0 Å². The van der Waals surface area contributed by atoms with Crippen LogP contribution in [0.25, 0.3) is 10.7 Å². The predicted octanol–water partition coefficient (Wildman–Crippen LogP) is 1.79. The summed E-state index contributed by atoms with van der Waals surface area (Å²) in [4.78, 5) is 8.75. The molecule has 2 heterocycles. The van der Waals surface area contributed by atoms with Gasteiger partial charge in [-0.05, 0) is 12.1 Å². The molecule has 2 N–H and O–H groups in total. The first-order chi connectivity index (χ1) is 8.79. The molecular weight excluding hydrogens is 268 g/mol. The second-order valence-electron chi connectivity index (χ2n) is 3.71. The largest absolute Gasteiger partial charge is 0.394 e. The highest BCUT2D eigenvalue weighted by atomic mass is 32.2. The van der Waals surface area contributed by atoms with Crippen LogP contribution >= 0.6 is 23.1 Å². The smallest absolute Gasteiger partial charge is 0.142 e. The van der Waals surface area contributed by atoms with Crippen molar-refractivity contribution in [3.8, 4) is 10.7 Å². The van der Waals surface area contributed by atoms with Gasteiger partial charge in [0.05, 0.1) is 24.1 Å². The van der Waals surface area contributed by atoms with Crippen molar-refractivity contribution in [1.29, 1.82) is 0 Å². The van der Waals surface area contributed by atoms with Gasteiger partial charge in [0.1, 0.15) is 5.01 Å². The molecule has 0 spiro atoms. The summed E-state index contributed by atoms with van der Waals surface area (Å²) in [5.74, 6) is 1.26. The quantitative estimate of drug-likeness (QED) is 0.845. The highest BCUT2D eigenvalue weighted by molar-refractivity contribution is 7.98. The maximum absolute atomic E-state index is 9.22. The molecule has 2 rings (SSSR count). The first-order valence-corrected chi connectivity index (χ1v) is 7.55. The van der Waals surface area contributed by atoms with E-state index < -0.39 is 6.10 Å². The molecular formula is C12H14N2O2S2. The Bertz CT molecular complexity index is 476. The minimum absolute atomic E-state index is 0.191. The average molecular weight is 282 g/mol. The van der Waals surface area contributed by atoms with Crippen LogP contribution in [0.4, 0.5) is 0 Å². The number of pyridine rings is 1. The maximum atomic E-state index is 9.22. The molecule has 0 radical (unpaired) electrons. The van der Waals surface area contributed by atoms with E-state index in [0.717, 1.165) is 22.1 Å². The number of aliphatic hydroxyl groups is 2. The highest BCUT2D eigenvalue weighted by Crippen LogP contribution is 2.23. The topological polar surface area (TPSA) is 66.2 Å². The van der Waals surface area contributed by atoms with Crippen LogP contribution in [0.1, 0.15) is 5.69 Å². The zero-order chi connectivity index (χ0) is 12.8. The zero-order valence-corrected chi connectivity index (χ0v) is 11.3. The van der Waals surface area contributed by atoms with Gasteiger partial charge in [-0.1, -0.05) is 6.07 Å². The molecule has 96 valence electrons. The number of hydrogen-bond donors (Lipinski definition) is 2. The van der Waals surface area contributed by atoms with Gasteiger partial charge in [-0.2, -0.15) is 11.8 Å². The van der Waals surface area contributed by atoms with E-state index in [9.17, 15) is 5.11 Å². The highest BCUT2D eigenvalue weighted by Gasteiger charge is 2.07. The fourth-order valence-corrected chi connectivity index (χ4v) is 3.09.